The summed E-state index contributed by atoms with van der Waals surface area (Å²) >= 11 is 0. The average Bonchev–Trinajstić information content (AvgIpc) is 3.25. The minimum Gasteiger partial charge on any atom is -0.337 e. The summed E-state index contributed by atoms with van der Waals surface area (Å²) in [5.74, 6) is -0.251. The van der Waals surface area contributed by atoms with Gasteiger partial charge in [0, 0.05) is 25.6 Å². The van der Waals surface area contributed by atoms with Crippen molar-refractivity contribution in [1.82, 2.24) is 20.4 Å². The van der Waals surface area contributed by atoms with Crippen LogP contribution in [0.5, 0.6) is 0 Å². The van der Waals surface area contributed by atoms with Gasteiger partial charge in [0.15, 0.2) is 0 Å². The minimum atomic E-state index is -0.938. The van der Waals surface area contributed by atoms with E-state index in [1.807, 2.05) is 0 Å². The van der Waals surface area contributed by atoms with Crippen LogP contribution in [-0.2, 0) is 4.79 Å². The fourth-order valence-electron chi connectivity index (χ4n) is 3.82. The minimum absolute atomic E-state index is 0.0544. The molecule has 0 radical (unpaired) electrons. The number of imide groups is 1. The Bertz CT molecular complexity index is 613. The van der Waals surface area contributed by atoms with Crippen molar-refractivity contribution in [1.29, 1.82) is 0 Å². The summed E-state index contributed by atoms with van der Waals surface area (Å²) in [5, 5.41) is 5.73. The van der Waals surface area contributed by atoms with E-state index in [4.69, 9.17) is 0 Å². The van der Waals surface area contributed by atoms with Gasteiger partial charge in [-0.1, -0.05) is 25.5 Å². The summed E-state index contributed by atoms with van der Waals surface area (Å²) in [4.78, 5) is 39.2. The molecule has 2 heterocycles. The molecule has 0 bridgehead atoms. The predicted molar refractivity (Wildman–Crippen MR) is 89.3 cm³/mol. The van der Waals surface area contributed by atoms with Crippen molar-refractivity contribution in [3.05, 3.63) is 11.6 Å². The van der Waals surface area contributed by atoms with Gasteiger partial charge in [-0.05, 0) is 25.7 Å². The van der Waals surface area contributed by atoms with E-state index < -0.39 is 11.6 Å². The standard InChI is InChI=1S/C17H26N4O3/c1-16(2,12-6-4-5-7-12)10-18-14(23)21-9-8-17(11-21)13(22)20(3)15(24)19-17/h6H,4-5,7-11H2,1-3H3,(H,18,23)(H,19,24). The fraction of sp³-hybridized carbons (Fsp3) is 0.706. The molecule has 3 aliphatic rings. The van der Waals surface area contributed by atoms with Gasteiger partial charge in [-0.15, -0.1) is 0 Å². The van der Waals surface area contributed by atoms with Gasteiger partial charge >= 0.3 is 12.1 Å². The number of amides is 5. The molecule has 132 valence electrons. The summed E-state index contributed by atoms with van der Waals surface area (Å²) < 4.78 is 0. The van der Waals surface area contributed by atoms with Crippen LogP contribution in [-0.4, -0.2) is 60.0 Å². The van der Waals surface area contributed by atoms with Gasteiger partial charge in [0.05, 0.1) is 6.54 Å². The van der Waals surface area contributed by atoms with Crippen LogP contribution >= 0.6 is 0 Å². The Hall–Kier alpha value is -2.05. The monoisotopic (exact) mass is 334 g/mol. The number of likely N-dealkylation sites (N-methyl/N-ethyl adjacent to an activating group) is 1. The molecule has 0 saturated carbocycles. The first-order chi connectivity index (χ1) is 11.3. The number of allylic oxidation sites excluding steroid dienone is 1. The lowest BCUT2D eigenvalue weighted by molar-refractivity contribution is -0.129. The quantitative estimate of drug-likeness (QED) is 0.605. The molecule has 2 aliphatic heterocycles. The van der Waals surface area contributed by atoms with E-state index in [-0.39, 0.29) is 23.9 Å². The van der Waals surface area contributed by atoms with Gasteiger partial charge in [0.1, 0.15) is 5.54 Å². The summed E-state index contributed by atoms with van der Waals surface area (Å²) in [6, 6.07) is -0.563. The highest BCUT2D eigenvalue weighted by atomic mass is 16.2. The summed E-state index contributed by atoms with van der Waals surface area (Å²) in [6.07, 6.45) is 6.15. The van der Waals surface area contributed by atoms with Crippen LogP contribution in [0, 0.1) is 5.41 Å². The highest BCUT2D eigenvalue weighted by Gasteiger charge is 2.54. The third-order valence-corrected chi connectivity index (χ3v) is 5.51. The van der Waals surface area contributed by atoms with Gasteiger partial charge < -0.3 is 15.5 Å². The van der Waals surface area contributed by atoms with Gasteiger partial charge in [-0.2, -0.15) is 0 Å². The van der Waals surface area contributed by atoms with Crippen molar-refractivity contribution in [2.75, 3.05) is 26.7 Å². The molecule has 5 amide bonds. The zero-order valence-corrected chi connectivity index (χ0v) is 14.6. The van der Waals surface area contributed by atoms with Gasteiger partial charge in [0.2, 0.25) is 0 Å². The first-order valence-corrected chi connectivity index (χ1v) is 8.58. The van der Waals surface area contributed by atoms with Crippen molar-refractivity contribution in [2.45, 2.75) is 45.1 Å². The summed E-state index contributed by atoms with van der Waals surface area (Å²) in [6.45, 7) is 5.56. The summed E-state index contributed by atoms with van der Waals surface area (Å²) in [7, 11) is 1.47. The number of likely N-dealkylation sites (tertiary alicyclic amines) is 1. The fourth-order valence-corrected chi connectivity index (χ4v) is 3.82. The van der Waals surface area contributed by atoms with E-state index in [0.717, 1.165) is 17.7 Å². The van der Waals surface area contributed by atoms with Crippen molar-refractivity contribution < 1.29 is 14.4 Å². The summed E-state index contributed by atoms with van der Waals surface area (Å²) in [5.41, 5.74) is 0.411. The van der Waals surface area contributed by atoms with E-state index in [1.165, 1.54) is 19.0 Å². The molecular weight excluding hydrogens is 308 g/mol. The maximum Gasteiger partial charge on any atom is 0.324 e. The number of rotatable bonds is 3. The zero-order valence-electron chi connectivity index (χ0n) is 14.6. The normalized spacial score (nSPS) is 27.0. The lowest BCUT2D eigenvalue weighted by atomic mass is 9.83. The van der Waals surface area contributed by atoms with E-state index in [2.05, 4.69) is 30.6 Å². The van der Waals surface area contributed by atoms with Crippen LogP contribution < -0.4 is 10.6 Å². The van der Waals surface area contributed by atoms with Crippen LogP contribution in [0.15, 0.2) is 11.6 Å². The average molecular weight is 334 g/mol. The van der Waals surface area contributed by atoms with Crippen LogP contribution in [0.1, 0.15) is 39.5 Å². The van der Waals surface area contributed by atoms with E-state index in [9.17, 15) is 14.4 Å². The number of hydrogen-bond acceptors (Lipinski definition) is 3. The first-order valence-electron chi connectivity index (χ1n) is 8.58. The van der Waals surface area contributed by atoms with Crippen LogP contribution in [0.3, 0.4) is 0 Å². The van der Waals surface area contributed by atoms with Crippen molar-refractivity contribution >= 4 is 18.0 Å². The highest BCUT2D eigenvalue weighted by Crippen LogP contribution is 2.34. The molecule has 0 aromatic heterocycles. The third-order valence-electron chi connectivity index (χ3n) is 5.51. The molecule has 3 rings (SSSR count). The molecule has 1 atom stereocenters. The molecule has 1 spiro atoms. The lowest BCUT2D eigenvalue weighted by Crippen LogP contribution is -2.51. The largest absolute Gasteiger partial charge is 0.337 e. The molecule has 1 unspecified atom stereocenters. The van der Waals surface area contributed by atoms with E-state index in [1.54, 1.807) is 4.90 Å². The van der Waals surface area contributed by atoms with Crippen molar-refractivity contribution in [3.63, 3.8) is 0 Å². The lowest BCUT2D eigenvalue weighted by Gasteiger charge is -2.28. The Balaban J connectivity index is 1.57. The van der Waals surface area contributed by atoms with Crippen molar-refractivity contribution in [3.8, 4) is 0 Å². The molecular formula is C17H26N4O3. The molecule has 2 saturated heterocycles. The Morgan fingerprint density at radius 1 is 1.42 bits per heavy atom. The molecule has 1 aliphatic carbocycles. The Morgan fingerprint density at radius 3 is 2.75 bits per heavy atom. The van der Waals surface area contributed by atoms with Crippen molar-refractivity contribution in [2.24, 2.45) is 5.41 Å². The number of nitrogens with one attached hydrogen (secondary N) is 2. The molecule has 0 aromatic rings. The van der Waals surface area contributed by atoms with E-state index in [0.29, 0.717) is 19.5 Å². The highest BCUT2D eigenvalue weighted by molar-refractivity contribution is 6.07. The molecule has 2 N–H and O–H groups in total. The third kappa shape index (κ3) is 2.76. The second-order valence-corrected chi connectivity index (χ2v) is 7.71. The Kier molecular flexibility index (Phi) is 4.05. The van der Waals surface area contributed by atoms with Gasteiger partial charge in [0.25, 0.3) is 5.91 Å². The van der Waals surface area contributed by atoms with E-state index >= 15 is 0 Å². The SMILES string of the molecule is CN1C(=O)NC2(CCN(C(=O)NCC(C)(C)C3=CCCC3)C2)C1=O. The van der Waals surface area contributed by atoms with Gasteiger partial charge in [-0.3, -0.25) is 9.69 Å². The second-order valence-electron chi connectivity index (χ2n) is 7.71. The first kappa shape index (κ1) is 16.8. The Labute approximate surface area is 142 Å². The predicted octanol–water partition coefficient (Wildman–Crippen LogP) is 1.46. The number of carbonyl (C=O) groups is 3. The van der Waals surface area contributed by atoms with Gasteiger partial charge in [-0.25, -0.2) is 9.59 Å². The number of carbonyl (C=O) groups excluding carboxylic acids is 3. The maximum absolute atomic E-state index is 12.5. The van der Waals surface area contributed by atoms with Crippen LogP contribution in [0.4, 0.5) is 9.59 Å². The maximum atomic E-state index is 12.5. The zero-order chi connectivity index (χ0) is 17.5. The second kappa shape index (κ2) is 5.79. The molecule has 2 fully saturated rings. The number of hydrogen-bond donors (Lipinski definition) is 2. The molecule has 0 aromatic carbocycles. The smallest absolute Gasteiger partial charge is 0.324 e. The molecule has 7 heteroatoms. The topological polar surface area (TPSA) is 81.8 Å². The Morgan fingerprint density at radius 2 is 2.17 bits per heavy atom. The van der Waals surface area contributed by atoms with Crippen LogP contribution in [0.2, 0.25) is 0 Å². The molecule has 7 nitrogen and oxygen atoms in total. The molecule has 24 heavy (non-hydrogen) atoms. The number of nitrogens with zero attached hydrogens (tertiary/aromatic N) is 2. The number of urea groups is 2. The van der Waals surface area contributed by atoms with Crippen LogP contribution in [0.25, 0.3) is 0 Å².